The Labute approximate surface area is 108 Å². The molecule has 0 radical (unpaired) electrons. The van der Waals surface area contributed by atoms with Gasteiger partial charge in [-0.1, -0.05) is 27.7 Å². The molecule has 1 heterocycles. The zero-order valence-corrected chi connectivity index (χ0v) is 12.4. The Hall–Kier alpha value is -0.0800. The van der Waals surface area contributed by atoms with E-state index < -0.39 is 0 Å². The summed E-state index contributed by atoms with van der Waals surface area (Å²) in [6, 6.07) is 0. The van der Waals surface area contributed by atoms with Gasteiger partial charge in [0.05, 0.1) is 6.10 Å². The van der Waals surface area contributed by atoms with Crippen molar-refractivity contribution in [2.24, 2.45) is 10.8 Å². The van der Waals surface area contributed by atoms with E-state index in [9.17, 15) is 0 Å². The molecular weight excluding hydrogens is 210 g/mol. The van der Waals surface area contributed by atoms with E-state index in [2.05, 4.69) is 39.9 Å². The van der Waals surface area contributed by atoms with E-state index in [1.54, 1.807) is 0 Å². The summed E-state index contributed by atoms with van der Waals surface area (Å²) < 4.78 is 5.82. The Balaban J connectivity index is 2.53. The van der Waals surface area contributed by atoms with Crippen molar-refractivity contribution in [3.63, 3.8) is 0 Å². The lowest BCUT2D eigenvalue weighted by atomic mass is 9.73. The number of ether oxygens (including phenoxy) is 1. The Morgan fingerprint density at radius 1 is 1.35 bits per heavy atom. The molecule has 1 rings (SSSR count). The zero-order valence-electron chi connectivity index (χ0n) is 12.4. The van der Waals surface area contributed by atoms with Gasteiger partial charge in [-0.05, 0) is 44.6 Å². The molecule has 0 aromatic rings. The van der Waals surface area contributed by atoms with Gasteiger partial charge in [0, 0.05) is 18.6 Å². The predicted octanol–water partition coefficient (Wildman–Crippen LogP) is 3.61. The lowest BCUT2D eigenvalue weighted by Crippen LogP contribution is -2.40. The van der Waals surface area contributed by atoms with Crippen LogP contribution in [0.2, 0.25) is 0 Å². The average Bonchev–Trinajstić information content (AvgIpc) is 2.58. The third kappa shape index (κ3) is 4.59. The highest BCUT2D eigenvalue weighted by atomic mass is 16.5. The Morgan fingerprint density at radius 2 is 2.06 bits per heavy atom. The first-order chi connectivity index (χ1) is 7.90. The molecule has 2 unspecified atom stereocenters. The van der Waals surface area contributed by atoms with Crippen LogP contribution in [0.4, 0.5) is 0 Å². The van der Waals surface area contributed by atoms with Crippen molar-refractivity contribution in [1.29, 1.82) is 0 Å². The SMILES string of the molecule is CCCNCC1(CCC(C)(C)C)CCOC1C. The van der Waals surface area contributed by atoms with Gasteiger partial charge < -0.3 is 10.1 Å². The van der Waals surface area contributed by atoms with E-state index in [1.165, 1.54) is 25.7 Å². The van der Waals surface area contributed by atoms with Gasteiger partial charge in [-0.25, -0.2) is 0 Å². The van der Waals surface area contributed by atoms with Gasteiger partial charge >= 0.3 is 0 Å². The Bertz CT molecular complexity index is 221. The minimum Gasteiger partial charge on any atom is -0.378 e. The molecule has 1 saturated heterocycles. The Kier molecular flexibility index (Phi) is 5.46. The summed E-state index contributed by atoms with van der Waals surface area (Å²) >= 11 is 0. The largest absolute Gasteiger partial charge is 0.378 e. The molecule has 0 spiro atoms. The molecule has 102 valence electrons. The van der Waals surface area contributed by atoms with Crippen LogP contribution in [0.1, 0.15) is 60.3 Å². The summed E-state index contributed by atoms with van der Waals surface area (Å²) in [4.78, 5) is 0. The number of rotatable bonds is 6. The first-order valence-electron chi connectivity index (χ1n) is 7.22. The van der Waals surface area contributed by atoms with Crippen molar-refractivity contribution < 1.29 is 4.74 Å². The highest BCUT2D eigenvalue weighted by Crippen LogP contribution is 2.41. The molecule has 0 aromatic carbocycles. The molecule has 17 heavy (non-hydrogen) atoms. The molecule has 0 aliphatic carbocycles. The van der Waals surface area contributed by atoms with Crippen LogP contribution in [0.3, 0.4) is 0 Å². The van der Waals surface area contributed by atoms with Crippen molar-refractivity contribution in [2.75, 3.05) is 19.7 Å². The molecule has 0 amide bonds. The molecule has 1 fully saturated rings. The first kappa shape index (κ1) is 15.0. The molecule has 0 aromatic heterocycles. The van der Waals surface area contributed by atoms with Gasteiger partial charge in [-0.15, -0.1) is 0 Å². The summed E-state index contributed by atoms with van der Waals surface area (Å²) in [5.41, 5.74) is 0.808. The van der Waals surface area contributed by atoms with Gasteiger partial charge in [0.25, 0.3) is 0 Å². The third-order valence-corrected chi connectivity index (χ3v) is 4.11. The lowest BCUT2D eigenvalue weighted by Gasteiger charge is -2.35. The molecule has 2 heteroatoms. The molecule has 2 atom stereocenters. The number of hydrogen-bond donors (Lipinski definition) is 1. The monoisotopic (exact) mass is 241 g/mol. The molecule has 0 bridgehead atoms. The van der Waals surface area contributed by atoms with Crippen molar-refractivity contribution in [2.45, 2.75) is 66.4 Å². The predicted molar refractivity (Wildman–Crippen MR) is 74.3 cm³/mol. The zero-order chi connectivity index (χ0) is 12.9. The smallest absolute Gasteiger partial charge is 0.0616 e. The van der Waals surface area contributed by atoms with Gasteiger partial charge in [-0.3, -0.25) is 0 Å². The second-order valence-corrected chi connectivity index (χ2v) is 6.86. The van der Waals surface area contributed by atoms with Crippen molar-refractivity contribution in [3.8, 4) is 0 Å². The minimum atomic E-state index is 0.377. The average molecular weight is 241 g/mol. The van der Waals surface area contributed by atoms with E-state index in [0.717, 1.165) is 19.7 Å². The van der Waals surface area contributed by atoms with Crippen LogP contribution in [0.5, 0.6) is 0 Å². The van der Waals surface area contributed by atoms with Crippen LogP contribution in [0.15, 0.2) is 0 Å². The van der Waals surface area contributed by atoms with Gasteiger partial charge in [-0.2, -0.15) is 0 Å². The van der Waals surface area contributed by atoms with Crippen LogP contribution in [0.25, 0.3) is 0 Å². The third-order valence-electron chi connectivity index (χ3n) is 4.11. The van der Waals surface area contributed by atoms with E-state index in [4.69, 9.17) is 4.74 Å². The summed E-state index contributed by atoms with van der Waals surface area (Å²) in [5.74, 6) is 0. The van der Waals surface area contributed by atoms with E-state index in [0.29, 0.717) is 16.9 Å². The molecule has 1 N–H and O–H groups in total. The summed E-state index contributed by atoms with van der Waals surface area (Å²) in [7, 11) is 0. The van der Waals surface area contributed by atoms with Gasteiger partial charge in [0.15, 0.2) is 0 Å². The van der Waals surface area contributed by atoms with Gasteiger partial charge in [0.2, 0.25) is 0 Å². The fraction of sp³-hybridized carbons (Fsp3) is 1.00. The summed E-state index contributed by atoms with van der Waals surface area (Å²) in [5, 5.41) is 3.60. The second kappa shape index (κ2) is 6.19. The number of hydrogen-bond acceptors (Lipinski definition) is 2. The quantitative estimate of drug-likeness (QED) is 0.717. The molecule has 1 aliphatic heterocycles. The second-order valence-electron chi connectivity index (χ2n) is 6.86. The first-order valence-corrected chi connectivity index (χ1v) is 7.22. The standard InChI is InChI=1S/C15H31NO/c1-6-10-16-12-15(8-7-14(3,4)5)9-11-17-13(15)2/h13,16H,6-12H2,1-5H3. The maximum atomic E-state index is 5.82. The molecule has 2 nitrogen and oxygen atoms in total. The van der Waals surface area contributed by atoms with Gasteiger partial charge in [0.1, 0.15) is 0 Å². The van der Waals surface area contributed by atoms with E-state index in [1.807, 2.05) is 0 Å². The van der Waals surface area contributed by atoms with Crippen LogP contribution >= 0.6 is 0 Å². The normalized spacial score (nSPS) is 29.8. The van der Waals surface area contributed by atoms with Crippen LogP contribution in [-0.2, 0) is 4.74 Å². The Morgan fingerprint density at radius 3 is 2.53 bits per heavy atom. The summed E-state index contributed by atoms with van der Waals surface area (Å²) in [6.07, 6.45) is 5.42. The maximum Gasteiger partial charge on any atom is 0.0616 e. The minimum absolute atomic E-state index is 0.377. The fourth-order valence-corrected chi connectivity index (χ4v) is 2.61. The lowest BCUT2D eigenvalue weighted by molar-refractivity contribution is 0.0523. The molecular formula is C15H31NO. The van der Waals surface area contributed by atoms with Crippen molar-refractivity contribution in [1.82, 2.24) is 5.32 Å². The fourth-order valence-electron chi connectivity index (χ4n) is 2.61. The topological polar surface area (TPSA) is 21.3 Å². The molecule has 0 saturated carbocycles. The van der Waals surface area contributed by atoms with Crippen molar-refractivity contribution >= 4 is 0 Å². The maximum absolute atomic E-state index is 5.82. The van der Waals surface area contributed by atoms with Crippen LogP contribution in [-0.4, -0.2) is 25.8 Å². The molecule has 1 aliphatic rings. The van der Waals surface area contributed by atoms with Crippen LogP contribution in [0, 0.1) is 10.8 Å². The highest BCUT2D eigenvalue weighted by molar-refractivity contribution is 4.92. The highest BCUT2D eigenvalue weighted by Gasteiger charge is 2.41. The number of nitrogens with one attached hydrogen (secondary N) is 1. The van der Waals surface area contributed by atoms with Crippen molar-refractivity contribution in [3.05, 3.63) is 0 Å². The van der Waals surface area contributed by atoms with Crippen LogP contribution < -0.4 is 5.32 Å². The summed E-state index contributed by atoms with van der Waals surface area (Å²) in [6.45, 7) is 14.7. The van der Waals surface area contributed by atoms with E-state index >= 15 is 0 Å². The van der Waals surface area contributed by atoms with E-state index in [-0.39, 0.29) is 0 Å².